The molecule has 0 atom stereocenters. The molecule has 6 heteroatoms. The van der Waals surface area contributed by atoms with E-state index in [0.717, 1.165) is 5.76 Å². The van der Waals surface area contributed by atoms with Crippen molar-refractivity contribution in [3.8, 4) is 0 Å². The van der Waals surface area contributed by atoms with E-state index in [-0.39, 0.29) is 5.69 Å². The van der Waals surface area contributed by atoms with Gasteiger partial charge in [-0.15, -0.1) is 0 Å². The summed E-state index contributed by atoms with van der Waals surface area (Å²) in [6.07, 6.45) is 2.29. The molecule has 1 aromatic carbocycles. The van der Waals surface area contributed by atoms with E-state index in [9.17, 15) is 10.1 Å². The van der Waals surface area contributed by atoms with Crippen LogP contribution in [0.25, 0.3) is 0 Å². The molecule has 0 aliphatic rings. The summed E-state index contributed by atoms with van der Waals surface area (Å²) in [4.78, 5) is 10.5. The van der Waals surface area contributed by atoms with Crippen LogP contribution in [-0.4, -0.2) is 11.5 Å². The minimum atomic E-state index is -0.403. The highest BCUT2D eigenvalue weighted by Gasteiger charge is 2.13. The number of benzene rings is 1. The second-order valence-corrected chi connectivity index (χ2v) is 4.59. The van der Waals surface area contributed by atoms with Crippen molar-refractivity contribution in [2.24, 2.45) is 0 Å². The van der Waals surface area contributed by atoms with Gasteiger partial charge in [-0.25, -0.2) is 0 Å². The molecule has 0 bridgehead atoms. The van der Waals surface area contributed by atoms with E-state index in [1.54, 1.807) is 18.4 Å². The standard InChI is InChI=1S/C12H11BrN2O3/c13-9-3-4-11(12(8-9)15(16)17)14-6-5-10-2-1-7-18-10/h1-4,7-8,14H,5-6H2. The molecular weight excluding hydrogens is 300 g/mol. The summed E-state index contributed by atoms with van der Waals surface area (Å²) in [6.45, 7) is 0.579. The third-order valence-electron chi connectivity index (χ3n) is 2.42. The molecule has 0 fully saturated rings. The Labute approximate surface area is 112 Å². The number of nitro groups is 1. The fourth-order valence-electron chi connectivity index (χ4n) is 1.58. The summed E-state index contributed by atoms with van der Waals surface area (Å²) >= 11 is 3.22. The second-order valence-electron chi connectivity index (χ2n) is 3.67. The lowest BCUT2D eigenvalue weighted by molar-refractivity contribution is -0.384. The van der Waals surface area contributed by atoms with Crippen molar-refractivity contribution < 1.29 is 9.34 Å². The Morgan fingerprint density at radius 3 is 2.89 bits per heavy atom. The molecule has 0 unspecified atom stereocenters. The second kappa shape index (κ2) is 5.68. The Hall–Kier alpha value is -1.82. The highest BCUT2D eigenvalue weighted by Crippen LogP contribution is 2.27. The predicted molar refractivity (Wildman–Crippen MR) is 71.7 cm³/mol. The molecule has 0 saturated carbocycles. The lowest BCUT2D eigenvalue weighted by Crippen LogP contribution is -2.06. The Morgan fingerprint density at radius 1 is 1.39 bits per heavy atom. The molecule has 0 aliphatic carbocycles. The van der Waals surface area contributed by atoms with Crippen molar-refractivity contribution in [1.82, 2.24) is 0 Å². The van der Waals surface area contributed by atoms with Crippen molar-refractivity contribution in [3.63, 3.8) is 0 Å². The van der Waals surface area contributed by atoms with Gasteiger partial charge in [0.15, 0.2) is 0 Å². The normalized spacial score (nSPS) is 10.3. The van der Waals surface area contributed by atoms with Gasteiger partial charge in [-0.2, -0.15) is 0 Å². The van der Waals surface area contributed by atoms with E-state index in [1.165, 1.54) is 6.07 Å². The summed E-state index contributed by atoms with van der Waals surface area (Å²) in [5, 5.41) is 13.9. The van der Waals surface area contributed by atoms with Gasteiger partial charge in [-0.3, -0.25) is 10.1 Å². The first-order chi connectivity index (χ1) is 8.66. The number of hydrogen-bond acceptors (Lipinski definition) is 4. The lowest BCUT2D eigenvalue weighted by atomic mass is 10.2. The van der Waals surface area contributed by atoms with Crippen LogP contribution in [0.4, 0.5) is 11.4 Å². The molecule has 94 valence electrons. The van der Waals surface area contributed by atoms with Crippen LogP contribution in [0, 0.1) is 10.1 Å². The van der Waals surface area contributed by atoms with E-state index >= 15 is 0 Å². The number of nitrogens with zero attached hydrogens (tertiary/aromatic N) is 1. The van der Waals surface area contributed by atoms with Gasteiger partial charge in [0.05, 0.1) is 11.2 Å². The van der Waals surface area contributed by atoms with E-state index in [4.69, 9.17) is 4.42 Å². The maximum atomic E-state index is 10.9. The highest BCUT2D eigenvalue weighted by atomic mass is 79.9. The number of halogens is 1. The molecule has 1 aromatic heterocycles. The van der Waals surface area contributed by atoms with Crippen molar-refractivity contribution in [3.05, 3.63) is 56.9 Å². The Balaban J connectivity index is 2.02. The number of nitrogens with one attached hydrogen (secondary N) is 1. The average Bonchev–Trinajstić information content (AvgIpc) is 2.84. The predicted octanol–water partition coefficient (Wildman–Crippen LogP) is 3.60. The largest absolute Gasteiger partial charge is 0.469 e. The van der Waals surface area contributed by atoms with Gasteiger partial charge in [-0.1, -0.05) is 15.9 Å². The van der Waals surface area contributed by atoms with Crippen molar-refractivity contribution in [2.75, 3.05) is 11.9 Å². The van der Waals surface area contributed by atoms with Gasteiger partial charge in [0.25, 0.3) is 5.69 Å². The molecule has 18 heavy (non-hydrogen) atoms. The Bertz CT molecular complexity index is 540. The van der Waals surface area contributed by atoms with E-state index in [0.29, 0.717) is 23.1 Å². The van der Waals surface area contributed by atoms with Crippen LogP contribution in [0.2, 0.25) is 0 Å². The van der Waals surface area contributed by atoms with Gasteiger partial charge >= 0.3 is 0 Å². The molecule has 1 N–H and O–H groups in total. The van der Waals surface area contributed by atoms with Crippen LogP contribution in [-0.2, 0) is 6.42 Å². The molecule has 0 saturated heterocycles. The highest BCUT2D eigenvalue weighted by molar-refractivity contribution is 9.10. The molecule has 0 spiro atoms. The fraction of sp³-hybridized carbons (Fsp3) is 0.167. The summed E-state index contributed by atoms with van der Waals surface area (Å²) in [5.74, 6) is 0.849. The summed E-state index contributed by atoms with van der Waals surface area (Å²) in [5.41, 5.74) is 0.568. The molecule has 2 rings (SSSR count). The molecule has 1 heterocycles. The van der Waals surface area contributed by atoms with E-state index in [1.807, 2.05) is 12.1 Å². The summed E-state index contributed by atoms with van der Waals surface area (Å²) in [6, 6.07) is 8.62. The van der Waals surface area contributed by atoms with Crippen LogP contribution < -0.4 is 5.32 Å². The molecule has 5 nitrogen and oxygen atoms in total. The van der Waals surface area contributed by atoms with Crippen molar-refractivity contribution >= 4 is 27.3 Å². The zero-order valence-corrected chi connectivity index (χ0v) is 11.0. The van der Waals surface area contributed by atoms with Crippen LogP contribution in [0.3, 0.4) is 0 Å². The van der Waals surface area contributed by atoms with E-state index in [2.05, 4.69) is 21.2 Å². The maximum Gasteiger partial charge on any atom is 0.293 e. The Morgan fingerprint density at radius 2 is 2.22 bits per heavy atom. The third kappa shape index (κ3) is 3.10. The molecule has 2 aromatic rings. The number of rotatable bonds is 5. The third-order valence-corrected chi connectivity index (χ3v) is 2.92. The number of furan rings is 1. The topological polar surface area (TPSA) is 68.3 Å². The first-order valence-corrected chi connectivity index (χ1v) is 6.16. The minimum Gasteiger partial charge on any atom is -0.469 e. The van der Waals surface area contributed by atoms with Crippen LogP contribution in [0.1, 0.15) is 5.76 Å². The molecule has 0 radical (unpaired) electrons. The Kier molecular flexibility index (Phi) is 3.99. The van der Waals surface area contributed by atoms with Crippen molar-refractivity contribution in [2.45, 2.75) is 6.42 Å². The van der Waals surface area contributed by atoms with E-state index < -0.39 is 4.92 Å². The number of anilines is 1. The maximum absolute atomic E-state index is 10.9. The fourth-order valence-corrected chi connectivity index (χ4v) is 1.93. The van der Waals surface area contributed by atoms with Gasteiger partial charge in [0.1, 0.15) is 11.4 Å². The average molecular weight is 311 g/mol. The van der Waals surface area contributed by atoms with Crippen LogP contribution in [0.5, 0.6) is 0 Å². The zero-order chi connectivity index (χ0) is 13.0. The molecule has 0 amide bonds. The van der Waals surface area contributed by atoms with Gasteiger partial charge in [0, 0.05) is 23.5 Å². The molecule has 0 aliphatic heterocycles. The molecular formula is C12H11BrN2O3. The SMILES string of the molecule is O=[N+]([O-])c1cc(Br)ccc1NCCc1ccco1. The first kappa shape index (κ1) is 12.6. The van der Waals surface area contributed by atoms with Gasteiger partial charge in [0.2, 0.25) is 0 Å². The van der Waals surface area contributed by atoms with Gasteiger partial charge < -0.3 is 9.73 Å². The monoisotopic (exact) mass is 310 g/mol. The van der Waals surface area contributed by atoms with Crippen LogP contribution in [0.15, 0.2) is 45.5 Å². The number of hydrogen-bond donors (Lipinski definition) is 1. The van der Waals surface area contributed by atoms with Gasteiger partial charge in [-0.05, 0) is 24.3 Å². The quantitative estimate of drug-likeness (QED) is 0.676. The zero-order valence-electron chi connectivity index (χ0n) is 9.43. The lowest BCUT2D eigenvalue weighted by Gasteiger charge is -2.06. The number of nitro benzene ring substituents is 1. The first-order valence-electron chi connectivity index (χ1n) is 5.37. The summed E-state index contributed by atoms with van der Waals surface area (Å²) < 4.78 is 5.87. The minimum absolute atomic E-state index is 0.0591. The van der Waals surface area contributed by atoms with Crippen molar-refractivity contribution in [1.29, 1.82) is 0 Å². The summed E-state index contributed by atoms with van der Waals surface area (Å²) in [7, 11) is 0. The smallest absolute Gasteiger partial charge is 0.293 e. The van der Waals surface area contributed by atoms with Crippen LogP contribution >= 0.6 is 15.9 Å².